The lowest BCUT2D eigenvalue weighted by Gasteiger charge is -2.32. The van der Waals surface area contributed by atoms with Crippen LogP contribution in [0.2, 0.25) is 0 Å². The molecule has 1 N–H and O–H groups in total. The minimum Gasteiger partial charge on any atom is -0.342 e. The van der Waals surface area contributed by atoms with Crippen LogP contribution < -0.4 is 5.32 Å². The normalized spacial score (nSPS) is 14.9. The van der Waals surface area contributed by atoms with Gasteiger partial charge in [-0.15, -0.1) is 17.5 Å². The van der Waals surface area contributed by atoms with E-state index in [1.54, 1.807) is 0 Å². The first kappa shape index (κ1) is 21.4. The highest BCUT2D eigenvalue weighted by molar-refractivity contribution is 5.85. The van der Waals surface area contributed by atoms with E-state index in [4.69, 9.17) is 0 Å². The lowest BCUT2D eigenvalue weighted by Crippen LogP contribution is -2.39. The van der Waals surface area contributed by atoms with Crippen LogP contribution in [0, 0.1) is 19.8 Å². The zero-order valence-corrected chi connectivity index (χ0v) is 17.3. The zero-order valence-electron chi connectivity index (χ0n) is 16.4. The molecule has 27 heavy (non-hydrogen) atoms. The molecule has 6 nitrogen and oxygen atoms in total. The summed E-state index contributed by atoms with van der Waals surface area (Å²) in [7, 11) is 1.99. The summed E-state index contributed by atoms with van der Waals surface area (Å²) in [4.78, 5) is 14.7. The molecule has 0 spiro atoms. The minimum absolute atomic E-state index is 0. The topological polar surface area (TPSA) is 63.1 Å². The fraction of sp³-hybridized carbons (Fsp3) is 0.550. The lowest BCUT2D eigenvalue weighted by molar-refractivity contribution is -0.131. The number of amides is 1. The number of benzene rings is 1. The summed E-state index contributed by atoms with van der Waals surface area (Å²) in [5.74, 6) is 0.895. The summed E-state index contributed by atoms with van der Waals surface area (Å²) >= 11 is 0. The van der Waals surface area contributed by atoms with Crippen molar-refractivity contribution in [2.75, 3.05) is 26.7 Å². The second-order valence-corrected chi connectivity index (χ2v) is 7.26. The molecule has 0 saturated carbocycles. The van der Waals surface area contributed by atoms with E-state index in [1.165, 1.54) is 12.0 Å². The Morgan fingerprint density at radius 3 is 2.48 bits per heavy atom. The summed E-state index contributed by atoms with van der Waals surface area (Å²) in [5.41, 5.74) is 3.89. The number of rotatable bonds is 6. The first-order valence-electron chi connectivity index (χ1n) is 9.49. The molecule has 0 bridgehead atoms. The van der Waals surface area contributed by atoms with Crippen molar-refractivity contribution in [3.8, 4) is 5.69 Å². The maximum Gasteiger partial charge on any atom is 0.228 e. The van der Waals surface area contributed by atoms with E-state index in [9.17, 15) is 4.79 Å². The number of hydrogen-bond acceptors (Lipinski definition) is 4. The van der Waals surface area contributed by atoms with Crippen LogP contribution in [0.15, 0.2) is 24.3 Å². The highest BCUT2D eigenvalue weighted by atomic mass is 35.5. The predicted molar refractivity (Wildman–Crippen MR) is 110 cm³/mol. The standard InChI is InChI=1S/C20H29N5O.ClH/c1-15-4-6-18(7-5-15)25-16(2)19(22-23-25)14-20(26)24-12-9-17(10-13-24)8-11-21-3;/h4-7,17,21H,8-14H2,1-3H3;1H. The molecule has 1 amide bonds. The highest BCUT2D eigenvalue weighted by Crippen LogP contribution is 2.21. The molecule has 0 aliphatic carbocycles. The van der Waals surface area contributed by atoms with Crippen molar-refractivity contribution >= 4 is 18.3 Å². The van der Waals surface area contributed by atoms with Crippen LogP contribution in [0.1, 0.15) is 36.2 Å². The van der Waals surface area contributed by atoms with E-state index >= 15 is 0 Å². The Kier molecular flexibility index (Phi) is 7.80. The first-order chi connectivity index (χ1) is 12.6. The molecule has 1 aromatic carbocycles. The van der Waals surface area contributed by atoms with Gasteiger partial charge in [0.1, 0.15) is 0 Å². The molecule has 1 aliphatic heterocycles. The number of piperidine rings is 1. The Balaban J connectivity index is 0.00000261. The molecule has 0 atom stereocenters. The summed E-state index contributed by atoms with van der Waals surface area (Å²) in [5, 5.41) is 11.7. The first-order valence-corrected chi connectivity index (χ1v) is 9.49. The van der Waals surface area contributed by atoms with E-state index in [0.717, 1.165) is 55.5 Å². The summed E-state index contributed by atoms with van der Waals surface area (Å²) in [6, 6.07) is 8.16. The quantitative estimate of drug-likeness (QED) is 0.822. The second kappa shape index (κ2) is 9.85. The maximum atomic E-state index is 12.7. The van der Waals surface area contributed by atoms with Crippen molar-refractivity contribution in [1.82, 2.24) is 25.2 Å². The number of aryl methyl sites for hydroxylation is 1. The van der Waals surface area contributed by atoms with Gasteiger partial charge in [0.25, 0.3) is 0 Å². The molecular weight excluding hydrogens is 362 g/mol. The van der Waals surface area contributed by atoms with E-state index in [-0.39, 0.29) is 18.3 Å². The Labute approximate surface area is 167 Å². The van der Waals surface area contributed by atoms with Crippen molar-refractivity contribution < 1.29 is 4.79 Å². The average Bonchev–Trinajstić information content (AvgIpc) is 3.01. The van der Waals surface area contributed by atoms with Crippen LogP contribution in [0.4, 0.5) is 0 Å². The molecule has 0 radical (unpaired) electrons. The molecule has 2 aromatic rings. The molecule has 7 heteroatoms. The summed E-state index contributed by atoms with van der Waals surface area (Å²) in [6.45, 7) is 6.81. The fourth-order valence-electron chi connectivity index (χ4n) is 3.53. The van der Waals surface area contributed by atoms with Crippen LogP contribution in [-0.4, -0.2) is 52.5 Å². The van der Waals surface area contributed by atoms with Gasteiger partial charge in [0, 0.05) is 13.1 Å². The van der Waals surface area contributed by atoms with Crippen molar-refractivity contribution in [3.63, 3.8) is 0 Å². The van der Waals surface area contributed by atoms with Gasteiger partial charge in [-0.2, -0.15) is 0 Å². The molecule has 0 unspecified atom stereocenters. The van der Waals surface area contributed by atoms with E-state index in [2.05, 4.69) is 34.7 Å². The average molecular weight is 392 g/mol. The smallest absolute Gasteiger partial charge is 0.228 e. The Bertz CT molecular complexity index is 735. The molecule has 1 saturated heterocycles. The van der Waals surface area contributed by atoms with Crippen LogP contribution in [0.5, 0.6) is 0 Å². The lowest BCUT2D eigenvalue weighted by atomic mass is 9.93. The molecule has 148 valence electrons. The van der Waals surface area contributed by atoms with Gasteiger partial charge in [-0.3, -0.25) is 4.79 Å². The number of nitrogens with one attached hydrogen (secondary N) is 1. The third-order valence-electron chi connectivity index (χ3n) is 5.36. The van der Waals surface area contributed by atoms with Crippen LogP contribution in [0.3, 0.4) is 0 Å². The molecule has 3 rings (SSSR count). The monoisotopic (exact) mass is 391 g/mol. The predicted octanol–water partition coefficient (Wildman–Crippen LogP) is 2.70. The second-order valence-electron chi connectivity index (χ2n) is 7.26. The van der Waals surface area contributed by atoms with Gasteiger partial charge >= 0.3 is 0 Å². The number of likely N-dealkylation sites (tertiary alicyclic amines) is 1. The number of halogens is 1. The minimum atomic E-state index is 0. The van der Waals surface area contributed by atoms with E-state index < -0.39 is 0 Å². The largest absolute Gasteiger partial charge is 0.342 e. The zero-order chi connectivity index (χ0) is 18.5. The van der Waals surface area contributed by atoms with Gasteiger partial charge in [-0.25, -0.2) is 4.68 Å². The molecule has 2 heterocycles. The Morgan fingerprint density at radius 1 is 1.19 bits per heavy atom. The SMILES string of the molecule is CNCCC1CCN(C(=O)Cc2nnn(-c3ccc(C)cc3)c2C)CC1.Cl. The van der Waals surface area contributed by atoms with Gasteiger partial charge in [0.15, 0.2) is 0 Å². The van der Waals surface area contributed by atoms with Crippen molar-refractivity contribution in [3.05, 3.63) is 41.2 Å². The maximum absolute atomic E-state index is 12.7. The molecule has 1 aromatic heterocycles. The Morgan fingerprint density at radius 2 is 1.85 bits per heavy atom. The fourth-order valence-corrected chi connectivity index (χ4v) is 3.53. The van der Waals surface area contributed by atoms with Crippen LogP contribution >= 0.6 is 12.4 Å². The van der Waals surface area contributed by atoms with Crippen molar-refractivity contribution in [2.24, 2.45) is 5.92 Å². The third-order valence-corrected chi connectivity index (χ3v) is 5.36. The van der Waals surface area contributed by atoms with E-state index in [1.807, 2.05) is 35.7 Å². The van der Waals surface area contributed by atoms with Gasteiger partial charge in [0.05, 0.1) is 23.5 Å². The van der Waals surface area contributed by atoms with Crippen LogP contribution in [-0.2, 0) is 11.2 Å². The van der Waals surface area contributed by atoms with Crippen molar-refractivity contribution in [2.45, 2.75) is 39.5 Å². The molecular formula is C20H30ClN5O. The van der Waals surface area contributed by atoms with Crippen LogP contribution in [0.25, 0.3) is 5.69 Å². The number of carbonyl (C=O) groups is 1. The number of carbonyl (C=O) groups excluding carboxylic acids is 1. The van der Waals surface area contributed by atoms with Gasteiger partial charge in [-0.05, 0) is 64.8 Å². The molecule has 1 fully saturated rings. The van der Waals surface area contributed by atoms with E-state index in [0.29, 0.717) is 6.42 Å². The number of aromatic nitrogens is 3. The van der Waals surface area contributed by atoms with Crippen molar-refractivity contribution in [1.29, 1.82) is 0 Å². The molecule has 1 aliphatic rings. The summed E-state index contributed by atoms with van der Waals surface area (Å²) in [6.07, 6.45) is 3.73. The van der Waals surface area contributed by atoms with Gasteiger partial charge < -0.3 is 10.2 Å². The van der Waals surface area contributed by atoms with Gasteiger partial charge in [0.2, 0.25) is 5.91 Å². The third kappa shape index (κ3) is 5.30. The highest BCUT2D eigenvalue weighted by Gasteiger charge is 2.24. The Hall–Kier alpha value is -1.92. The number of nitrogens with zero attached hydrogens (tertiary/aromatic N) is 4. The summed E-state index contributed by atoms with van der Waals surface area (Å²) < 4.78 is 1.81. The number of hydrogen-bond donors (Lipinski definition) is 1. The van der Waals surface area contributed by atoms with Gasteiger partial charge in [-0.1, -0.05) is 22.9 Å².